The molecule has 1 aromatic rings. The molecule has 0 aliphatic carbocycles. The van der Waals surface area contributed by atoms with Crippen molar-refractivity contribution >= 4 is 5.91 Å². The third-order valence-corrected chi connectivity index (χ3v) is 1.99. The first-order valence-corrected chi connectivity index (χ1v) is 4.97. The molecule has 8 heteroatoms. The second kappa shape index (κ2) is 5.69. The van der Waals surface area contributed by atoms with E-state index in [2.05, 4.69) is 4.98 Å². The summed E-state index contributed by atoms with van der Waals surface area (Å²) in [5, 5.41) is 10.3. The summed E-state index contributed by atoms with van der Waals surface area (Å²) in [6.07, 6.45) is 2.81. The van der Waals surface area contributed by atoms with Gasteiger partial charge in [0.25, 0.3) is 11.8 Å². The van der Waals surface area contributed by atoms with Crippen LogP contribution < -0.4 is 11.1 Å². The van der Waals surface area contributed by atoms with Gasteiger partial charge in [-0.05, 0) is 0 Å². The highest BCUT2D eigenvalue weighted by Crippen LogP contribution is 2.10. The van der Waals surface area contributed by atoms with E-state index in [1.54, 1.807) is 4.57 Å². The minimum atomic E-state index is -3.32. The lowest BCUT2D eigenvalue weighted by Crippen LogP contribution is -2.39. The molecule has 1 heterocycles. The Morgan fingerprint density at radius 3 is 2.94 bits per heavy atom. The van der Waals surface area contributed by atoms with Crippen LogP contribution in [0.5, 0.6) is 0 Å². The molecule has 0 spiro atoms. The van der Waals surface area contributed by atoms with E-state index >= 15 is 0 Å². The minimum absolute atomic E-state index is 0.0344. The number of rotatable bonds is 6. The zero-order valence-electron chi connectivity index (χ0n) is 9.07. The Bertz CT molecular complexity index is 381. The van der Waals surface area contributed by atoms with Gasteiger partial charge in [0.15, 0.2) is 0 Å². The molecule has 0 unspecified atom stereocenters. The Morgan fingerprint density at radius 2 is 2.35 bits per heavy atom. The number of carbonyl (C=O) groups excluding carboxylic acids is 1. The first kappa shape index (κ1) is 13.5. The Labute approximate surface area is 96.4 Å². The lowest BCUT2D eigenvalue weighted by atomic mass is 10.3. The van der Waals surface area contributed by atoms with Crippen LogP contribution in [0.25, 0.3) is 0 Å². The number of imidazole rings is 1. The number of aliphatic hydroxyl groups excluding tert-OH is 1. The summed E-state index contributed by atoms with van der Waals surface area (Å²) in [4.78, 5) is 15.1. The number of hydrogen-bond acceptors (Lipinski definition) is 4. The second-order valence-electron chi connectivity index (χ2n) is 3.48. The van der Waals surface area contributed by atoms with Gasteiger partial charge >= 0.3 is 0 Å². The van der Waals surface area contributed by atoms with E-state index in [1.807, 2.05) is 5.32 Å². The molecule has 0 radical (unpaired) electrons. The summed E-state index contributed by atoms with van der Waals surface area (Å²) in [7, 11) is 0. The van der Waals surface area contributed by atoms with Crippen molar-refractivity contribution in [1.29, 1.82) is 0 Å². The Balaban J connectivity index is 2.52. The van der Waals surface area contributed by atoms with Gasteiger partial charge in [0.2, 0.25) is 0 Å². The molecule has 4 N–H and O–H groups in total. The van der Waals surface area contributed by atoms with E-state index in [0.29, 0.717) is 13.1 Å². The smallest absolute Gasteiger partial charge is 0.287 e. The van der Waals surface area contributed by atoms with Crippen LogP contribution in [0.3, 0.4) is 0 Å². The molecule has 0 fully saturated rings. The summed E-state index contributed by atoms with van der Waals surface area (Å²) in [6, 6.07) is 0. The van der Waals surface area contributed by atoms with Gasteiger partial charge in [-0.3, -0.25) is 4.79 Å². The molecule has 17 heavy (non-hydrogen) atoms. The molecule has 0 saturated carbocycles. The van der Waals surface area contributed by atoms with Gasteiger partial charge in [-0.25, -0.2) is 13.8 Å². The van der Waals surface area contributed by atoms with Crippen molar-refractivity contribution in [2.45, 2.75) is 12.5 Å². The molecule has 96 valence electrons. The number of carbonyl (C=O) groups is 1. The fourth-order valence-electron chi connectivity index (χ4n) is 1.10. The predicted octanol–water partition coefficient (Wildman–Crippen LogP) is -0.801. The average Bonchev–Trinajstić information content (AvgIpc) is 2.75. The van der Waals surface area contributed by atoms with Gasteiger partial charge < -0.3 is 20.7 Å². The van der Waals surface area contributed by atoms with Crippen molar-refractivity contribution in [2.24, 2.45) is 5.73 Å². The second-order valence-corrected chi connectivity index (χ2v) is 3.48. The summed E-state index contributed by atoms with van der Waals surface area (Å²) in [5.41, 5.74) is 5.34. The first-order chi connectivity index (χ1) is 7.98. The number of nitrogens with one attached hydrogen (secondary N) is 1. The first-order valence-electron chi connectivity index (χ1n) is 4.97. The molecule has 1 rings (SSSR count). The largest absolute Gasteiger partial charge is 0.390 e. The number of halogens is 2. The molecule has 6 nitrogen and oxygen atoms in total. The lowest BCUT2D eigenvalue weighted by Gasteiger charge is -2.12. The van der Waals surface area contributed by atoms with E-state index < -0.39 is 25.0 Å². The average molecular weight is 248 g/mol. The van der Waals surface area contributed by atoms with Crippen LogP contribution in [0, 0.1) is 0 Å². The molecule has 0 aliphatic rings. The topological polar surface area (TPSA) is 93.2 Å². The summed E-state index contributed by atoms with van der Waals surface area (Å²) >= 11 is 0. The minimum Gasteiger partial charge on any atom is -0.390 e. The summed E-state index contributed by atoms with van der Waals surface area (Å²) in [5.74, 6) is -4.04. The van der Waals surface area contributed by atoms with Crippen LogP contribution in [-0.2, 0) is 6.54 Å². The maximum absolute atomic E-state index is 12.6. The van der Waals surface area contributed by atoms with Gasteiger partial charge in [-0.15, -0.1) is 0 Å². The van der Waals surface area contributed by atoms with E-state index in [1.165, 1.54) is 12.5 Å². The van der Waals surface area contributed by atoms with Crippen LogP contribution in [0.2, 0.25) is 0 Å². The van der Waals surface area contributed by atoms with Crippen LogP contribution in [0.15, 0.2) is 12.5 Å². The van der Waals surface area contributed by atoms with Crippen LogP contribution in [0.4, 0.5) is 8.78 Å². The van der Waals surface area contributed by atoms with Gasteiger partial charge in [-0.1, -0.05) is 0 Å². The summed E-state index contributed by atoms with van der Waals surface area (Å²) < 4.78 is 26.9. The number of nitrogens with two attached hydrogens (primary N) is 1. The highest BCUT2D eigenvalue weighted by Gasteiger charge is 2.28. The molecule has 0 bridgehead atoms. The lowest BCUT2D eigenvalue weighted by molar-refractivity contribution is -0.0462. The highest BCUT2D eigenvalue weighted by molar-refractivity contribution is 5.92. The van der Waals surface area contributed by atoms with Gasteiger partial charge in [-0.2, -0.15) is 0 Å². The number of alkyl halides is 2. The van der Waals surface area contributed by atoms with E-state index in [9.17, 15) is 13.6 Å². The maximum Gasteiger partial charge on any atom is 0.287 e. The number of amides is 1. The fourth-order valence-corrected chi connectivity index (χ4v) is 1.10. The molecule has 1 aromatic heterocycles. The van der Waals surface area contributed by atoms with Gasteiger partial charge in [0, 0.05) is 19.3 Å². The third-order valence-electron chi connectivity index (χ3n) is 1.99. The van der Waals surface area contributed by atoms with Crippen molar-refractivity contribution in [3.8, 4) is 0 Å². The zero-order valence-corrected chi connectivity index (χ0v) is 9.07. The van der Waals surface area contributed by atoms with Crippen molar-refractivity contribution in [3.63, 3.8) is 0 Å². The summed E-state index contributed by atoms with van der Waals surface area (Å²) in [6.45, 7) is -1.35. The van der Waals surface area contributed by atoms with Crippen molar-refractivity contribution < 1.29 is 18.7 Å². The van der Waals surface area contributed by atoms with Gasteiger partial charge in [0.05, 0.1) is 12.9 Å². The van der Waals surface area contributed by atoms with Gasteiger partial charge in [0.1, 0.15) is 12.3 Å². The zero-order chi connectivity index (χ0) is 12.9. The van der Waals surface area contributed by atoms with Crippen LogP contribution >= 0.6 is 0 Å². The Hall–Kier alpha value is -1.54. The normalized spacial score (nSPS) is 11.5. The predicted molar refractivity (Wildman–Crippen MR) is 55.6 cm³/mol. The number of nitrogens with zero attached hydrogens (tertiary/aromatic N) is 2. The number of hydrogen-bond donors (Lipinski definition) is 3. The monoisotopic (exact) mass is 248 g/mol. The van der Waals surface area contributed by atoms with Crippen LogP contribution in [-0.4, -0.2) is 46.2 Å². The molecule has 0 aliphatic heterocycles. The van der Waals surface area contributed by atoms with E-state index in [-0.39, 0.29) is 5.69 Å². The number of aromatic nitrogens is 2. The molecular weight excluding hydrogens is 234 g/mol. The maximum atomic E-state index is 12.6. The van der Waals surface area contributed by atoms with Crippen molar-refractivity contribution in [3.05, 3.63) is 18.2 Å². The highest BCUT2D eigenvalue weighted by atomic mass is 19.3. The molecule has 0 saturated heterocycles. The molecule has 1 amide bonds. The Kier molecular flexibility index (Phi) is 4.53. The van der Waals surface area contributed by atoms with E-state index in [4.69, 9.17) is 10.8 Å². The van der Waals surface area contributed by atoms with E-state index in [0.717, 1.165) is 0 Å². The standard InChI is InChI=1S/C9H14F2N4O2/c10-9(11,5-16)4-13-8(17)7-3-15(2-1-12)6-14-7/h3,6,16H,1-2,4-5,12H2,(H,13,17). The molecule has 0 aromatic carbocycles. The SMILES string of the molecule is NCCn1cnc(C(=O)NCC(F)(F)CO)c1. The Morgan fingerprint density at radius 1 is 1.65 bits per heavy atom. The third kappa shape index (κ3) is 4.08. The van der Waals surface area contributed by atoms with Crippen molar-refractivity contribution in [1.82, 2.24) is 14.9 Å². The van der Waals surface area contributed by atoms with Crippen molar-refractivity contribution in [2.75, 3.05) is 19.7 Å². The number of aliphatic hydroxyl groups is 1. The quantitative estimate of drug-likeness (QED) is 0.614. The fraction of sp³-hybridized carbons (Fsp3) is 0.556. The van der Waals surface area contributed by atoms with Crippen LogP contribution in [0.1, 0.15) is 10.5 Å². The molecular formula is C9H14F2N4O2. The molecule has 0 atom stereocenters.